The van der Waals surface area contributed by atoms with E-state index in [4.69, 9.17) is 11.6 Å². The normalized spacial score (nSPS) is 23.1. The summed E-state index contributed by atoms with van der Waals surface area (Å²) in [6.45, 7) is 3.23. The Bertz CT molecular complexity index is 458. The molecule has 2 atom stereocenters. The van der Waals surface area contributed by atoms with E-state index < -0.39 is 11.6 Å². The van der Waals surface area contributed by atoms with E-state index in [-0.39, 0.29) is 28.5 Å². The molecular formula is C12H13ClF2N2O. The van der Waals surface area contributed by atoms with Crippen molar-refractivity contribution in [3.8, 4) is 0 Å². The van der Waals surface area contributed by atoms with Gasteiger partial charge in [-0.2, -0.15) is 0 Å². The molecule has 1 aromatic carbocycles. The van der Waals surface area contributed by atoms with E-state index in [1.54, 1.807) is 0 Å². The highest BCUT2D eigenvalue weighted by Crippen LogP contribution is 2.28. The van der Waals surface area contributed by atoms with Crippen LogP contribution < -0.4 is 10.6 Å². The molecule has 0 spiro atoms. The van der Waals surface area contributed by atoms with E-state index >= 15 is 0 Å². The summed E-state index contributed by atoms with van der Waals surface area (Å²) >= 11 is 5.71. The average Bonchev–Trinajstić information content (AvgIpc) is 2.69. The summed E-state index contributed by atoms with van der Waals surface area (Å²) in [5.41, 5.74) is -0.165. The summed E-state index contributed by atoms with van der Waals surface area (Å²) in [6.07, 6.45) is 0. The van der Waals surface area contributed by atoms with Crippen molar-refractivity contribution in [3.63, 3.8) is 0 Å². The molecule has 0 radical (unpaired) electrons. The van der Waals surface area contributed by atoms with Gasteiger partial charge < -0.3 is 10.6 Å². The van der Waals surface area contributed by atoms with Crippen LogP contribution in [0.15, 0.2) is 12.1 Å². The second kappa shape index (κ2) is 5.20. The van der Waals surface area contributed by atoms with Gasteiger partial charge in [-0.05, 0) is 18.5 Å². The first-order valence-corrected chi connectivity index (χ1v) is 6.03. The molecule has 1 aromatic rings. The zero-order chi connectivity index (χ0) is 13.3. The number of halogens is 3. The Labute approximate surface area is 109 Å². The molecule has 2 unspecified atom stereocenters. The molecule has 1 aliphatic heterocycles. The smallest absolute Gasteiger partial charge is 0.229 e. The predicted octanol–water partition coefficient (Wildman–Crippen LogP) is 2.41. The van der Waals surface area contributed by atoms with Crippen molar-refractivity contribution >= 4 is 23.2 Å². The number of rotatable bonds is 2. The Morgan fingerprint density at radius 3 is 2.72 bits per heavy atom. The van der Waals surface area contributed by atoms with Crippen LogP contribution >= 0.6 is 11.6 Å². The molecule has 2 rings (SSSR count). The zero-order valence-corrected chi connectivity index (χ0v) is 10.5. The Morgan fingerprint density at radius 1 is 1.44 bits per heavy atom. The Balaban J connectivity index is 2.17. The van der Waals surface area contributed by atoms with Crippen molar-refractivity contribution in [1.82, 2.24) is 5.32 Å². The van der Waals surface area contributed by atoms with Gasteiger partial charge in [0.2, 0.25) is 5.91 Å². The van der Waals surface area contributed by atoms with Crippen LogP contribution in [0.25, 0.3) is 0 Å². The van der Waals surface area contributed by atoms with E-state index in [1.165, 1.54) is 0 Å². The van der Waals surface area contributed by atoms with Crippen molar-refractivity contribution in [2.75, 3.05) is 18.4 Å². The van der Waals surface area contributed by atoms with Gasteiger partial charge in [-0.15, -0.1) is 0 Å². The Kier molecular flexibility index (Phi) is 3.82. The van der Waals surface area contributed by atoms with Crippen molar-refractivity contribution in [1.29, 1.82) is 0 Å². The standard InChI is InChI=1S/C12H13ClF2N2O/c1-6-4-16-5-8(6)12(18)17-11-9(13)2-7(14)3-10(11)15/h2-3,6,8,16H,4-5H2,1H3,(H,17,18). The molecule has 1 heterocycles. The summed E-state index contributed by atoms with van der Waals surface area (Å²) in [7, 11) is 0. The maximum atomic E-state index is 13.5. The van der Waals surface area contributed by atoms with E-state index in [0.717, 1.165) is 12.6 Å². The summed E-state index contributed by atoms with van der Waals surface area (Å²) < 4.78 is 26.4. The molecule has 18 heavy (non-hydrogen) atoms. The van der Waals surface area contributed by atoms with Crippen LogP contribution in [-0.2, 0) is 4.79 Å². The van der Waals surface area contributed by atoms with Gasteiger partial charge in [0.25, 0.3) is 0 Å². The first-order valence-electron chi connectivity index (χ1n) is 5.65. The van der Waals surface area contributed by atoms with Gasteiger partial charge in [-0.25, -0.2) is 8.78 Å². The number of benzene rings is 1. The molecule has 1 fully saturated rings. The fourth-order valence-electron chi connectivity index (χ4n) is 2.04. The molecule has 0 bridgehead atoms. The fourth-order valence-corrected chi connectivity index (χ4v) is 2.28. The first kappa shape index (κ1) is 13.2. The van der Waals surface area contributed by atoms with Crippen LogP contribution in [0, 0.1) is 23.5 Å². The maximum absolute atomic E-state index is 13.5. The number of hydrogen-bond acceptors (Lipinski definition) is 2. The van der Waals surface area contributed by atoms with Crippen LogP contribution in [-0.4, -0.2) is 19.0 Å². The van der Waals surface area contributed by atoms with Gasteiger partial charge >= 0.3 is 0 Å². The molecular weight excluding hydrogens is 262 g/mol. The second-order valence-electron chi connectivity index (χ2n) is 4.48. The van der Waals surface area contributed by atoms with Crippen molar-refractivity contribution in [3.05, 3.63) is 28.8 Å². The van der Waals surface area contributed by atoms with Gasteiger partial charge in [0, 0.05) is 12.6 Å². The van der Waals surface area contributed by atoms with Gasteiger partial charge in [0.1, 0.15) is 5.82 Å². The number of hydrogen-bond donors (Lipinski definition) is 2. The van der Waals surface area contributed by atoms with E-state index in [1.807, 2.05) is 6.92 Å². The number of carbonyl (C=O) groups is 1. The maximum Gasteiger partial charge on any atom is 0.229 e. The highest BCUT2D eigenvalue weighted by molar-refractivity contribution is 6.33. The lowest BCUT2D eigenvalue weighted by Crippen LogP contribution is -2.28. The Hall–Kier alpha value is -1.20. The molecule has 1 saturated heterocycles. The Morgan fingerprint density at radius 2 is 2.17 bits per heavy atom. The number of amides is 1. The summed E-state index contributed by atoms with van der Waals surface area (Å²) in [6, 6.07) is 1.66. The molecule has 2 N–H and O–H groups in total. The van der Waals surface area contributed by atoms with Crippen molar-refractivity contribution in [2.45, 2.75) is 6.92 Å². The largest absolute Gasteiger partial charge is 0.322 e. The number of carbonyl (C=O) groups excluding carboxylic acids is 1. The topological polar surface area (TPSA) is 41.1 Å². The minimum Gasteiger partial charge on any atom is -0.322 e. The molecule has 0 saturated carbocycles. The highest BCUT2D eigenvalue weighted by atomic mass is 35.5. The predicted molar refractivity (Wildman–Crippen MR) is 65.5 cm³/mol. The first-order chi connectivity index (χ1) is 8.49. The summed E-state index contributed by atoms with van der Waals surface area (Å²) in [5, 5.41) is 5.37. The molecule has 0 aromatic heterocycles. The lowest BCUT2D eigenvalue weighted by atomic mass is 9.97. The summed E-state index contributed by atoms with van der Waals surface area (Å²) in [5.74, 6) is -2.00. The van der Waals surface area contributed by atoms with Gasteiger partial charge in [-0.3, -0.25) is 4.79 Å². The van der Waals surface area contributed by atoms with Crippen LogP contribution in [0.4, 0.5) is 14.5 Å². The van der Waals surface area contributed by atoms with E-state index in [9.17, 15) is 13.6 Å². The van der Waals surface area contributed by atoms with Crippen molar-refractivity contribution < 1.29 is 13.6 Å². The highest BCUT2D eigenvalue weighted by Gasteiger charge is 2.30. The van der Waals surface area contributed by atoms with Gasteiger partial charge in [0.05, 0.1) is 16.6 Å². The molecule has 6 heteroatoms. The third-order valence-corrected chi connectivity index (χ3v) is 3.41. The second-order valence-corrected chi connectivity index (χ2v) is 4.88. The minimum atomic E-state index is -0.869. The molecule has 0 aliphatic carbocycles. The SMILES string of the molecule is CC1CNCC1C(=O)Nc1c(F)cc(F)cc1Cl. The number of anilines is 1. The molecule has 1 aliphatic rings. The summed E-state index contributed by atoms with van der Waals surface area (Å²) in [4.78, 5) is 11.9. The van der Waals surface area contributed by atoms with Gasteiger partial charge in [0.15, 0.2) is 5.82 Å². The van der Waals surface area contributed by atoms with Gasteiger partial charge in [-0.1, -0.05) is 18.5 Å². The van der Waals surface area contributed by atoms with Crippen molar-refractivity contribution in [2.24, 2.45) is 11.8 Å². The lowest BCUT2D eigenvalue weighted by Gasteiger charge is -2.15. The van der Waals surface area contributed by atoms with Crippen LogP contribution in [0.5, 0.6) is 0 Å². The fraction of sp³-hybridized carbons (Fsp3) is 0.417. The zero-order valence-electron chi connectivity index (χ0n) is 9.77. The van der Waals surface area contributed by atoms with Crippen LogP contribution in [0.1, 0.15) is 6.92 Å². The number of nitrogens with one attached hydrogen (secondary N) is 2. The quantitative estimate of drug-likeness (QED) is 0.870. The molecule has 98 valence electrons. The monoisotopic (exact) mass is 274 g/mol. The average molecular weight is 275 g/mol. The third kappa shape index (κ3) is 2.62. The minimum absolute atomic E-state index is 0.139. The van der Waals surface area contributed by atoms with Crippen LogP contribution in [0.2, 0.25) is 5.02 Å². The van der Waals surface area contributed by atoms with E-state index in [2.05, 4.69) is 10.6 Å². The van der Waals surface area contributed by atoms with Crippen LogP contribution in [0.3, 0.4) is 0 Å². The van der Waals surface area contributed by atoms with E-state index in [0.29, 0.717) is 12.6 Å². The lowest BCUT2D eigenvalue weighted by molar-refractivity contribution is -0.120. The molecule has 3 nitrogen and oxygen atoms in total. The third-order valence-electron chi connectivity index (χ3n) is 3.11. The molecule has 1 amide bonds.